The third-order valence-electron chi connectivity index (χ3n) is 2.08. The molecule has 0 bridgehead atoms. The molecule has 1 N–H and O–H groups in total. The van der Waals surface area contributed by atoms with Gasteiger partial charge < -0.3 is 5.11 Å². The first-order chi connectivity index (χ1) is 4.97. The van der Waals surface area contributed by atoms with Crippen LogP contribution in [0.25, 0.3) is 0 Å². The van der Waals surface area contributed by atoms with Gasteiger partial charge in [0.2, 0.25) is 0 Å². The average Bonchev–Trinajstić information content (AvgIpc) is 2.07. The summed E-state index contributed by atoms with van der Waals surface area (Å²) in [6, 6.07) is 0. The van der Waals surface area contributed by atoms with Crippen LogP contribution < -0.4 is 0 Å². The summed E-state index contributed by atoms with van der Waals surface area (Å²) in [5.74, 6) is 0.122. The quantitative estimate of drug-likeness (QED) is 0.663. The molecule has 0 aliphatic carbocycles. The largest absolute Gasteiger partial charge is 0.389 e. The van der Waals surface area contributed by atoms with Gasteiger partial charge in [0.15, 0.2) is 9.84 Å². The molecule has 1 aliphatic rings. The van der Waals surface area contributed by atoms with Crippen LogP contribution in [0.2, 0.25) is 0 Å². The molecule has 0 aromatic carbocycles. The molecule has 0 amide bonds. The van der Waals surface area contributed by atoms with Crippen molar-refractivity contribution in [1.29, 1.82) is 0 Å². The summed E-state index contributed by atoms with van der Waals surface area (Å²) in [7, 11) is -2.93. The Morgan fingerprint density at radius 3 is 2.55 bits per heavy atom. The molecule has 1 aliphatic heterocycles. The van der Waals surface area contributed by atoms with Gasteiger partial charge in [0.1, 0.15) is 0 Å². The Morgan fingerprint density at radius 2 is 2.18 bits per heavy atom. The second kappa shape index (κ2) is 2.75. The summed E-state index contributed by atoms with van der Waals surface area (Å²) < 4.78 is 21.9. The van der Waals surface area contributed by atoms with E-state index in [9.17, 15) is 13.5 Å². The van der Waals surface area contributed by atoms with Crippen LogP contribution in [0, 0.1) is 0 Å². The lowest BCUT2D eigenvalue weighted by molar-refractivity contribution is 0.0578. The minimum atomic E-state index is -2.93. The first kappa shape index (κ1) is 9.00. The lowest BCUT2D eigenvalue weighted by atomic mass is 9.98. The molecular weight excluding hydrogens is 164 g/mol. The van der Waals surface area contributed by atoms with Crippen molar-refractivity contribution in [2.45, 2.75) is 31.8 Å². The molecule has 1 fully saturated rings. The van der Waals surface area contributed by atoms with E-state index >= 15 is 0 Å². The third-order valence-corrected chi connectivity index (χ3v) is 3.89. The molecule has 0 spiro atoms. The molecule has 66 valence electrons. The lowest BCUT2D eigenvalue weighted by Gasteiger charge is -2.18. The highest BCUT2D eigenvalue weighted by Crippen LogP contribution is 2.27. The van der Waals surface area contributed by atoms with Crippen molar-refractivity contribution in [3.63, 3.8) is 0 Å². The fourth-order valence-corrected chi connectivity index (χ4v) is 3.50. The number of sulfone groups is 1. The maximum absolute atomic E-state index is 11.0. The standard InChI is InChI=1S/C7H14O3S/c1-2-3-7(8)4-5-11(9,10)6-7/h8H,2-6H2,1H3. The molecule has 1 atom stereocenters. The summed E-state index contributed by atoms with van der Waals surface area (Å²) >= 11 is 0. The van der Waals surface area contributed by atoms with E-state index in [1.807, 2.05) is 6.92 Å². The van der Waals surface area contributed by atoms with Crippen LogP contribution in [0.15, 0.2) is 0 Å². The minimum Gasteiger partial charge on any atom is -0.389 e. The van der Waals surface area contributed by atoms with Gasteiger partial charge in [-0.25, -0.2) is 8.42 Å². The van der Waals surface area contributed by atoms with Gasteiger partial charge >= 0.3 is 0 Å². The predicted molar refractivity (Wildman–Crippen MR) is 43.1 cm³/mol. The fourth-order valence-electron chi connectivity index (χ4n) is 1.56. The molecule has 11 heavy (non-hydrogen) atoms. The van der Waals surface area contributed by atoms with Crippen molar-refractivity contribution in [2.75, 3.05) is 11.5 Å². The van der Waals surface area contributed by atoms with Crippen molar-refractivity contribution in [3.05, 3.63) is 0 Å². The van der Waals surface area contributed by atoms with E-state index in [-0.39, 0.29) is 11.5 Å². The highest BCUT2D eigenvalue weighted by atomic mass is 32.2. The Kier molecular flexibility index (Phi) is 2.25. The van der Waals surface area contributed by atoms with Gasteiger partial charge in [0.25, 0.3) is 0 Å². The average molecular weight is 178 g/mol. The molecule has 1 rings (SSSR count). The van der Waals surface area contributed by atoms with Crippen LogP contribution in [0.3, 0.4) is 0 Å². The van der Waals surface area contributed by atoms with Gasteiger partial charge in [-0.1, -0.05) is 13.3 Å². The van der Waals surface area contributed by atoms with E-state index < -0.39 is 15.4 Å². The topological polar surface area (TPSA) is 54.4 Å². The molecule has 4 heteroatoms. The van der Waals surface area contributed by atoms with Crippen molar-refractivity contribution in [3.8, 4) is 0 Å². The Balaban J connectivity index is 2.65. The summed E-state index contributed by atoms with van der Waals surface area (Å²) in [6.45, 7) is 1.95. The van der Waals surface area contributed by atoms with Gasteiger partial charge in [0.05, 0.1) is 17.1 Å². The van der Waals surface area contributed by atoms with E-state index in [0.717, 1.165) is 6.42 Å². The van der Waals surface area contributed by atoms with E-state index in [1.54, 1.807) is 0 Å². The Hall–Kier alpha value is -0.0900. The van der Waals surface area contributed by atoms with Gasteiger partial charge in [-0.05, 0) is 12.8 Å². The minimum absolute atomic E-state index is 0.0339. The Bertz CT molecular complexity index is 232. The zero-order valence-corrected chi connectivity index (χ0v) is 7.52. The van der Waals surface area contributed by atoms with Crippen molar-refractivity contribution < 1.29 is 13.5 Å². The highest BCUT2D eigenvalue weighted by molar-refractivity contribution is 7.91. The summed E-state index contributed by atoms with van der Waals surface area (Å²) in [4.78, 5) is 0. The molecule has 1 heterocycles. The van der Waals surface area contributed by atoms with Crippen LogP contribution in [-0.2, 0) is 9.84 Å². The maximum Gasteiger partial charge on any atom is 0.153 e. The smallest absolute Gasteiger partial charge is 0.153 e. The Morgan fingerprint density at radius 1 is 1.55 bits per heavy atom. The molecule has 0 aromatic rings. The molecule has 0 saturated carbocycles. The number of aliphatic hydroxyl groups is 1. The monoisotopic (exact) mass is 178 g/mol. The molecular formula is C7H14O3S. The van der Waals surface area contributed by atoms with E-state index in [0.29, 0.717) is 12.8 Å². The molecule has 1 unspecified atom stereocenters. The predicted octanol–water partition coefficient (Wildman–Crippen LogP) is 0.336. The van der Waals surface area contributed by atoms with E-state index in [4.69, 9.17) is 0 Å². The maximum atomic E-state index is 11.0. The zero-order valence-electron chi connectivity index (χ0n) is 6.71. The first-order valence-corrected chi connectivity index (χ1v) is 5.72. The second-order valence-electron chi connectivity index (χ2n) is 3.32. The van der Waals surface area contributed by atoms with Crippen LogP contribution in [-0.4, -0.2) is 30.6 Å². The van der Waals surface area contributed by atoms with E-state index in [2.05, 4.69) is 0 Å². The highest BCUT2D eigenvalue weighted by Gasteiger charge is 2.39. The van der Waals surface area contributed by atoms with Gasteiger partial charge in [0, 0.05) is 0 Å². The van der Waals surface area contributed by atoms with Crippen LogP contribution in [0.4, 0.5) is 0 Å². The second-order valence-corrected chi connectivity index (χ2v) is 5.50. The molecule has 0 radical (unpaired) electrons. The van der Waals surface area contributed by atoms with Crippen molar-refractivity contribution in [1.82, 2.24) is 0 Å². The summed E-state index contributed by atoms with van der Waals surface area (Å²) in [5.41, 5.74) is -0.909. The number of rotatable bonds is 2. The molecule has 0 aromatic heterocycles. The number of hydrogen-bond donors (Lipinski definition) is 1. The van der Waals surface area contributed by atoms with Crippen LogP contribution in [0.1, 0.15) is 26.2 Å². The normalized spacial score (nSPS) is 35.8. The van der Waals surface area contributed by atoms with Gasteiger partial charge in [-0.15, -0.1) is 0 Å². The first-order valence-electron chi connectivity index (χ1n) is 3.90. The molecule has 1 saturated heterocycles. The zero-order chi connectivity index (χ0) is 8.54. The lowest BCUT2D eigenvalue weighted by Crippen LogP contribution is -2.29. The number of hydrogen-bond acceptors (Lipinski definition) is 3. The van der Waals surface area contributed by atoms with Crippen LogP contribution in [0.5, 0.6) is 0 Å². The van der Waals surface area contributed by atoms with Crippen LogP contribution >= 0.6 is 0 Å². The molecule has 3 nitrogen and oxygen atoms in total. The summed E-state index contributed by atoms with van der Waals surface area (Å²) in [5, 5.41) is 9.65. The van der Waals surface area contributed by atoms with E-state index in [1.165, 1.54) is 0 Å². The van der Waals surface area contributed by atoms with Gasteiger partial charge in [-0.3, -0.25) is 0 Å². The van der Waals surface area contributed by atoms with Crippen molar-refractivity contribution >= 4 is 9.84 Å². The SMILES string of the molecule is CCCC1(O)CCS(=O)(=O)C1. The summed E-state index contributed by atoms with van der Waals surface area (Å²) in [6.07, 6.45) is 1.86. The van der Waals surface area contributed by atoms with Crippen molar-refractivity contribution in [2.24, 2.45) is 0 Å². The third kappa shape index (κ3) is 2.17. The van der Waals surface area contributed by atoms with Gasteiger partial charge in [-0.2, -0.15) is 0 Å². The Labute approximate surface area is 67.3 Å². The fraction of sp³-hybridized carbons (Fsp3) is 1.00.